The Balaban J connectivity index is 4.14. The molecule has 0 aliphatic heterocycles. The summed E-state index contributed by atoms with van der Waals surface area (Å²) in [5, 5.41) is 20.6. The lowest BCUT2D eigenvalue weighted by Crippen LogP contribution is -2.20. The van der Waals surface area contributed by atoms with Crippen LogP contribution in [0.25, 0.3) is 0 Å². The first-order valence-electron chi connectivity index (χ1n) is 9.90. The average molecular weight is 349 g/mol. The number of rotatable bonds is 18. The van der Waals surface area contributed by atoms with Gasteiger partial charge in [0.05, 0.1) is 12.2 Å². The molecule has 144 valence electrons. The molecule has 2 nitrogen and oxygen atoms in total. The van der Waals surface area contributed by atoms with Crippen LogP contribution in [0.4, 0.5) is 0 Å². The Morgan fingerprint density at radius 2 is 0.960 bits per heavy atom. The van der Waals surface area contributed by atoms with Crippen molar-refractivity contribution in [3.8, 4) is 0 Å². The van der Waals surface area contributed by atoms with Crippen molar-refractivity contribution in [1.29, 1.82) is 0 Å². The van der Waals surface area contributed by atoms with Crippen LogP contribution in [0, 0.1) is 11.8 Å². The van der Waals surface area contributed by atoms with Crippen LogP contribution in [-0.4, -0.2) is 22.4 Å². The second-order valence-electron chi connectivity index (χ2n) is 7.07. The highest BCUT2D eigenvalue weighted by Gasteiger charge is 2.18. The van der Waals surface area contributed by atoms with E-state index in [4.69, 9.17) is 0 Å². The molecule has 25 heavy (non-hydrogen) atoms. The molecular weight excluding hydrogens is 308 g/mol. The highest BCUT2D eigenvalue weighted by Crippen LogP contribution is 2.25. The fourth-order valence-corrected chi connectivity index (χ4v) is 3.40. The molecule has 2 N–H and O–H groups in total. The summed E-state index contributed by atoms with van der Waals surface area (Å²) in [5.41, 5.74) is 0. The van der Waals surface area contributed by atoms with E-state index in [1.54, 1.807) is 0 Å². The van der Waals surface area contributed by atoms with Gasteiger partial charge in [0.15, 0.2) is 0 Å². The van der Waals surface area contributed by atoms with E-state index in [9.17, 15) is 10.2 Å². The number of hydrogen-bond donors (Lipinski definition) is 2. The molecule has 4 atom stereocenters. The molecule has 0 radical (unpaired) electrons. The first kappa shape index (κ1) is 23.9. The molecule has 0 fully saturated rings. The minimum absolute atomic E-state index is 0.259. The van der Waals surface area contributed by atoms with Crippen LogP contribution in [0.3, 0.4) is 0 Å². The third-order valence-corrected chi connectivity index (χ3v) is 5.01. The zero-order valence-corrected chi connectivity index (χ0v) is 16.1. The second-order valence-corrected chi connectivity index (χ2v) is 7.07. The Kier molecular flexibility index (Phi) is 15.6. The van der Waals surface area contributed by atoms with Crippen LogP contribution >= 0.6 is 0 Å². The fraction of sp³-hybridized carbons (Fsp3) is 0.652. The van der Waals surface area contributed by atoms with Gasteiger partial charge >= 0.3 is 0 Å². The minimum Gasteiger partial charge on any atom is -0.393 e. The average Bonchev–Trinajstić information content (AvgIpc) is 2.61. The van der Waals surface area contributed by atoms with Crippen molar-refractivity contribution < 1.29 is 10.2 Å². The predicted molar refractivity (Wildman–Crippen MR) is 111 cm³/mol. The van der Waals surface area contributed by atoms with Gasteiger partial charge in [-0.15, -0.1) is 26.3 Å². The fourth-order valence-electron chi connectivity index (χ4n) is 3.40. The first-order valence-corrected chi connectivity index (χ1v) is 9.90. The highest BCUT2D eigenvalue weighted by atomic mass is 16.3. The number of aliphatic hydroxyl groups excluding tert-OH is 2. The maximum Gasteiger partial charge on any atom is 0.0574 e. The van der Waals surface area contributed by atoms with E-state index in [1.165, 1.54) is 0 Å². The summed E-state index contributed by atoms with van der Waals surface area (Å²) in [7, 11) is 0. The second kappa shape index (κ2) is 16.4. The number of hydrogen-bond acceptors (Lipinski definition) is 2. The summed E-state index contributed by atoms with van der Waals surface area (Å²) in [5.74, 6) is 0.610. The van der Waals surface area contributed by atoms with E-state index in [0.29, 0.717) is 11.8 Å². The maximum absolute atomic E-state index is 10.3. The van der Waals surface area contributed by atoms with Crippen LogP contribution in [0.1, 0.15) is 70.6 Å². The molecule has 0 aliphatic rings. The summed E-state index contributed by atoms with van der Waals surface area (Å²) in [6.45, 7) is 15.1. The molecule has 0 aromatic heterocycles. The van der Waals surface area contributed by atoms with Crippen LogP contribution in [-0.2, 0) is 0 Å². The van der Waals surface area contributed by atoms with Gasteiger partial charge in [0.2, 0.25) is 0 Å². The lowest BCUT2D eigenvalue weighted by Gasteiger charge is -2.23. The normalized spacial score (nSPS) is 15.8. The molecule has 0 saturated heterocycles. The molecule has 0 rings (SSSR count). The third-order valence-electron chi connectivity index (χ3n) is 5.01. The van der Waals surface area contributed by atoms with Crippen LogP contribution in [0.2, 0.25) is 0 Å². The van der Waals surface area contributed by atoms with Gasteiger partial charge < -0.3 is 10.2 Å². The van der Waals surface area contributed by atoms with Crippen LogP contribution in [0.15, 0.2) is 50.6 Å². The molecule has 0 bridgehead atoms. The van der Waals surface area contributed by atoms with E-state index < -0.39 is 0 Å². The SMILES string of the molecule is C=CCCC(O)C(CC=C)CCCCCC(CC=C)C(O)CCC=C. The van der Waals surface area contributed by atoms with Gasteiger partial charge in [-0.05, 0) is 63.2 Å². The van der Waals surface area contributed by atoms with Crippen molar-refractivity contribution >= 4 is 0 Å². The topological polar surface area (TPSA) is 40.5 Å². The van der Waals surface area contributed by atoms with Crippen molar-refractivity contribution in [2.45, 2.75) is 82.8 Å². The summed E-state index contributed by atoms with van der Waals surface area (Å²) >= 11 is 0. The Bertz CT molecular complexity index is 327. The Morgan fingerprint density at radius 1 is 0.560 bits per heavy atom. The van der Waals surface area contributed by atoms with Crippen molar-refractivity contribution in [3.63, 3.8) is 0 Å². The molecule has 2 heteroatoms. The molecule has 4 unspecified atom stereocenters. The van der Waals surface area contributed by atoms with Gasteiger partial charge in [0.25, 0.3) is 0 Å². The number of allylic oxidation sites excluding steroid dienone is 4. The predicted octanol–water partition coefficient (Wildman–Crippen LogP) is 5.98. The Hall–Kier alpha value is -1.12. The zero-order valence-electron chi connectivity index (χ0n) is 16.1. The zero-order chi connectivity index (χ0) is 18.9. The van der Waals surface area contributed by atoms with Gasteiger partial charge in [0.1, 0.15) is 0 Å². The standard InChI is InChI=1S/C23H40O2/c1-5-9-18-22(24)20(14-7-3)16-12-11-13-17-21(15-8-4)23(25)19-10-6-2/h5-8,20-25H,1-4,9-19H2. The van der Waals surface area contributed by atoms with Crippen LogP contribution < -0.4 is 0 Å². The van der Waals surface area contributed by atoms with Gasteiger partial charge in [-0.2, -0.15) is 0 Å². The summed E-state index contributed by atoms with van der Waals surface area (Å²) in [6, 6.07) is 0. The lowest BCUT2D eigenvalue weighted by atomic mass is 9.87. The monoisotopic (exact) mass is 348 g/mol. The molecule has 0 heterocycles. The van der Waals surface area contributed by atoms with Crippen molar-refractivity contribution in [2.75, 3.05) is 0 Å². The van der Waals surface area contributed by atoms with E-state index in [1.807, 2.05) is 24.3 Å². The molecule has 0 aromatic rings. The van der Waals surface area contributed by atoms with E-state index in [2.05, 4.69) is 26.3 Å². The summed E-state index contributed by atoms with van der Waals surface area (Å²) in [6.07, 6.45) is 17.5. The summed E-state index contributed by atoms with van der Waals surface area (Å²) < 4.78 is 0. The van der Waals surface area contributed by atoms with E-state index >= 15 is 0 Å². The lowest BCUT2D eigenvalue weighted by molar-refractivity contribution is 0.0905. The van der Waals surface area contributed by atoms with Gasteiger partial charge in [-0.3, -0.25) is 0 Å². The van der Waals surface area contributed by atoms with Gasteiger partial charge in [-0.25, -0.2) is 0 Å². The number of aliphatic hydroxyl groups is 2. The molecule has 0 saturated carbocycles. The molecule has 0 aromatic carbocycles. The van der Waals surface area contributed by atoms with Crippen molar-refractivity contribution in [2.24, 2.45) is 11.8 Å². The quantitative estimate of drug-likeness (QED) is 0.236. The largest absolute Gasteiger partial charge is 0.393 e. The van der Waals surface area contributed by atoms with Crippen molar-refractivity contribution in [3.05, 3.63) is 50.6 Å². The van der Waals surface area contributed by atoms with Crippen LogP contribution in [0.5, 0.6) is 0 Å². The smallest absolute Gasteiger partial charge is 0.0574 e. The summed E-state index contributed by atoms with van der Waals surface area (Å²) in [4.78, 5) is 0. The Labute approximate surface area is 156 Å². The third kappa shape index (κ3) is 12.0. The number of unbranched alkanes of at least 4 members (excludes halogenated alkanes) is 2. The van der Waals surface area contributed by atoms with Gasteiger partial charge in [0, 0.05) is 0 Å². The molecule has 0 aliphatic carbocycles. The minimum atomic E-state index is -0.259. The molecule has 0 amide bonds. The molecular formula is C23H40O2. The highest BCUT2D eigenvalue weighted by molar-refractivity contribution is 4.82. The van der Waals surface area contributed by atoms with Crippen molar-refractivity contribution in [1.82, 2.24) is 0 Å². The maximum atomic E-state index is 10.3. The Morgan fingerprint density at radius 3 is 1.28 bits per heavy atom. The van der Waals surface area contributed by atoms with E-state index in [0.717, 1.165) is 70.6 Å². The van der Waals surface area contributed by atoms with Gasteiger partial charge in [-0.1, -0.05) is 43.6 Å². The molecule has 0 spiro atoms. The van der Waals surface area contributed by atoms with E-state index in [-0.39, 0.29) is 12.2 Å². The first-order chi connectivity index (χ1) is 12.1.